The van der Waals surface area contributed by atoms with Gasteiger partial charge in [0.1, 0.15) is 0 Å². The van der Waals surface area contributed by atoms with E-state index in [1.807, 2.05) is 18.4 Å². The first-order chi connectivity index (χ1) is 6.75. The molecule has 0 N–H and O–H groups in total. The molecule has 0 aliphatic heterocycles. The largest absolute Gasteiger partial charge is 0.294 e. The molecule has 0 amide bonds. The Morgan fingerprint density at radius 1 is 1.57 bits per heavy atom. The Morgan fingerprint density at radius 2 is 2.43 bits per heavy atom. The molecule has 2 rings (SSSR count). The number of thiophene rings is 1. The average Bonchev–Trinajstić information content (AvgIpc) is 2.75. The molecule has 0 saturated heterocycles. The molecule has 2 heterocycles. The van der Waals surface area contributed by atoms with Crippen molar-refractivity contribution in [1.82, 2.24) is 8.75 Å². The molecule has 14 heavy (non-hydrogen) atoms. The molecular weight excluding hydrogens is 216 g/mol. The highest BCUT2D eigenvalue weighted by Gasteiger charge is 2.09. The number of carbonyl (C=O) groups excluding carboxylic acids is 1. The highest BCUT2D eigenvalue weighted by atomic mass is 32.1. The van der Waals surface area contributed by atoms with Gasteiger partial charge in [0.25, 0.3) is 0 Å². The lowest BCUT2D eigenvalue weighted by atomic mass is 10.1. The third-order valence-corrected chi connectivity index (χ3v) is 3.18. The molecule has 0 aliphatic carbocycles. The van der Waals surface area contributed by atoms with E-state index in [1.165, 1.54) is 0 Å². The first-order valence-corrected chi connectivity index (χ1v) is 5.71. The van der Waals surface area contributed by atoms with Crippen molar-refractivity contribution in [3.05, 3.63) is 33.8 Å². The highest BCUT2D eigenvalue weighted by Crippen LogP contribution is 2.15. The van der Waals surface area contributed by atoms with Gasteiger partial charge < -0.3 is 0 Å². The van der Waals surface area contributed by atoms with Crippen molar-refractivity contribution < 1.29 is 4.79 Å². The maximum absolute atomic E-state index is 11.7. The van der Waals surface area contributed by atoms with Gasteiger partial charge >= 0.3 is 0 Å². The van der Waals surface area contributed by atoms with Gasteiger partial charge in [-0.2, -0.15) is 8.75 Å². The summed E-state index contributed by atoms with van der Waals surface area (Å²) in [6, 6.07) is 1.91. The second-order valence-electron chi connectivity index (χ2n) is 2.94. The Bertz CT molecular complexity index is 433. The van der Waals surface area contributed by atoms with Gasteiger partial charge in [0.05, 0.1) is 30.0 Å². The Labute approximate surface area is 89.7 Å². The topological polar surface area (TPSA) is 42.9 Å². The molecule has 0 fully saturated rings. The van der Waals surface area contributed by atoms with Crippen molar-refractivity contribution in [1.29, 1.82) is 0 Å². The lowest BCUT2D eigenvalue weighted by molar-refractivity contribution is 0.0992. The minimum absolute atomic E-state index is 0.113. The second-order valence-corrected chi connectivity index (χ2v) is 4.62. The van der Waals surface area contributed by atoms with Crippen LogP contribution in [0.5, 0.6) is 0 Å². The second kappa shape index (κ2) is 3.98. The van der Waals surface area contributed by atoms with E-state index in [0.717, 1.165) is 27.9 Å². The molecule has 0 saturated carbocycles. The van der Waals surface area contributed by atoms with Gasteiger partial charge in [-0.3, -0.25) is 4.79 Å². The number of nitrogens with zero attached hydrogens (tertiary/aromatic N) is 2. The minimum atomic E-state index is 0.113. The van der Waals surface area contributed by atoms with Crippen LogP contribution < -0.4 is 0 Å². The zero-order valence-electron chi connectivity index (χ0n) is 7.56. The lowest BCUT2D eigenvalue weighted by Crippen LogP contribution is -2.01. The third-order valence-electron chi connectivity index (χ3n) is 1.80. The number of aromatic nitrogens is 2. The molecule has 5 heteroatoms. The first-order valence-electron chi connectivity index (χ1n) is 4.10. The van der Waals surface area contributed by atoms with Crippen LogP contribution in [0.3, 0.4) is 0 Å². The van der Waals surface area contributed by atoms with E-state index in [-0.39, 0.29) is 5.78 Å². The molecular formula is C9H8N2OS2. The third kappa shape index (κ3) is 2.05. The van der Waals surface area contributed by atoms with Gasteiger partial charge in [-0.15, -0.1) is 11.3 Å². The maximum atomic E-state index is 11.7. The van der Waals surface area contributed by atoms with Crippen LogP contribution in [0, 0.1) is 6.92 Å². The minimum Gasteiger partial charge on any atom is -0.294 e. The molecule has 3 nitrogen and oxygen atoms in total. The van der Waals surface area contributed by atoms with Gasteiger partial charge in [-0.1, -0.05) is 0 Å². The molecule has 0 radical (unpaired) electrons. The Hall–Kier alpha value is -1.07. The van der Waals surface area contributed by atoms with Crippen molar-refractivity contribution in [3.63, 3.8) is 0 Å². The quantitative estimate of drug-likeness (QED) is 0.751. The van der Waals surface area contributed by atoms with Crippen molar-refractivity contribution in [2.45, 2.75) is 13.3 Å². The predicted molar refractivity (Wildman–Crippen MR) is 57.0 cm³/mol. The Morgan fingerprint density at radius 3 is 3.00 bits per heavy atom. The van der Waals surface area contributed by atoms with Crippen LogP contribution in [-0.2, 0) is 6.42 Å². The summed E-state index contributed by atoms with van der Waals surface area (Å²) in [4.78, 5) is 12.8. The van der Waals surface area contributed by atoms with Crippen molar-refractivity contribution in [2.24, 2.45) is 0 Å². The van der Waals surface area contributed by atoms with Crippen LogP contribution in [0.2, 0.25) is 0 Å². The molecule has 72 valence electrons. The summed E-state index contributed by atoms with van der Waals surface area (Å²) in [6.07, 6.45) is 1.99. The standard InChI is InChI=1S/C9H8N2OS2/c1-6-2-7(5-13-6)9(12)3-8-4-10-14-11-8/h2,4-5H,3H2,1H3. The fraction of sp³-hybridized carbons (Fsp3) is 0.222. The molecule has 0 unspecified atom stereocenters. The number of ketones is 1. The molecule has 0 aliphatic rings. The number of hydrogen-bond donors (Lipinski definition) is 0. The molecule has 0 bridgehead atoms. The highest BCUT2D eigenvalue weighted by molar-refractivity contribution is 7.10. The Balaban J connectivity index is 2.10. The lowest BCUT2D eigenvalue weighted by Gasteiger charge is -1.92. The summed E-state index contributed by atoms with van der Waals surface area (Å²) in [5.74, 6) is 0.113. The molecule has 0 aromatic carbocycles. The van der Waals surface area contributed by atoms with E-state index in [4.69, 9.17) is 0 Å². The van der Waals surface area contributed by atoms with Crippen LogP contribution in [0.4, 0.5) is 0 Å². The van der Waals surface area contributed by atoms with Crippen LogP contribution in [0.25, 0.3) is 0 Å². The number of aryl methyl sites for hydroxylation is 1. The monoisotopic (exact) mass is 224 g/mol. The summed E-state index contributed by atoms with van der Waals surface area (Å²) < 4.78 is 7.86. The number of hydrogen-bond acceptors (Lipinski definition) is 5. The van der Waals surface area contributed by atoms with Gasteiger partial charge in [-0.25, -0.2) is 0 Å². The Kier molecular flexibility index (Phi) is 2.69. The summed E-state index contributed by atoms with van der Waals surface area (Å²) in [6.45, 7) is 1.99. The van der Waals surface area contributed by atoms with Gasteiger partial charge in [0.2, 0.25) is 0 Å². The van der Waals surface area contributed by atoms with E-state index >= 15 is 0 Å². The van der Waals surface area contributed by atoms with E-state index in [9.17, 15) is 4.79 Å². The van der Waals surface area contributed by atoms with Crippen molar-refractivity contribution in [3.8, 4) is 0 Å². The fourth-order valence-corrected chi connectivity index (χ4v) is 2.26. The van der Waals surface area contributed by atoms with Gasteiger partial charge in [0.15, 0.2) is 5.78 Å². The van der Waals surface area contributed by atoms with E-state index in [2.05, 4.69) is 8.75 Å². The smallest absolute Gasteiger partial charge is 0.169 e. The molecule has 2 aromatic heterocycles. The van der Waals surface area contributed by atoms with Crippen molar-refractivity contribution >= 4 is 28.8 Å². The first kappa shape index (κ1) is 9.48. The summed E-state index contributed by atoms with van der Waals surface area (Å²) in [5.41, 5.74) is 1.53. The zero-order chi connectivity index (χ0) is 9.97. The number of carbonyl (C=O) groups is 1. The normalized spacial score (nSPS) is 10.4. The van der Waals surface area contributed by atoms with Crippen LogP contribution in [-0.4, -0.2) is 14.5 Å². The average molecular weight is 224 g/mol. The summed E-state index contributed by atoms with van der Waals surface area (Å²) in [7, 11) is 0. The summed E-state index contributed by atoms with van der Waals surface area (Å²) in [5, 5.41) is 1.89. The van der Waals surface area contributed by atoms with Crippen LogP contribution in [0.1, 0.15) is 20.9 Å². The number of Topliss-reactive ketones (excluding diaryl/α,β-unsaturated/α-hetero) is 1. The molecule has 0 atom stereocenters. The zero-order valence-corrected chi connectivity index (χ0v) is 9.19. The van der Waals surface area contributed by atoms with E-state index < -0.39 is 0 Å². The van der Waals surface area contributed by atoms with Crippen molar-refractivity contribution in [2.75, 3.05) is 0 Å². The van der Waals surface area contributed by atoms with Gasteiger partial charge in [-0.05, 0) is 13.0 Å². The SMILES string of the molecule is Cc1cc(C(=O)Cc2cnsn2)cs1. The van der Waals surface area contributed by atoms with Crippen LogP contribution >= 0.6 is 23.1 Å². The van der Waals surface area contributed by atoms with E-state index in [0.29, 0.717) is 6.42 Å². The van der Waals surface area contributed by atoms with E-state index in [1.54, 1.807) is 17.5 Å². The van der Waals surface area contributed by atoms with Gasteiger partial charge in [0, 0.05) is 15.8 Å². The molecule has 0 spiro atoms. The van der Waals surface area contributed by atoms with Crippen LogP contribution in [0.15, 0.2) is 17.6 Å². The maximum Gasteiger partial charge on any atom is 0.169 e. The molecule has 2 aromatic rings. The fourth-order valence-electron chi connectivity index (χ4n) is 1.12. The predicted octanol–water partition coefficient (Wildman–Crippen LogP) is 2.33. The number of rotatable bonds is 3. The summed E-state index contributed by atoms with van der Waals surface area (Å²) >= 11 is 2.72.